The number of furan rings is 1. The Bertz CT molecular complexity index is 941. The molecule has 3 aliphatic rings. The van der Waals surface area contributed by atoms with E-state index in [0.29, 0.717) is 52.5 Å². The molecular formula is C22H25N3O6. The third kappa shape index (κ3) is 4.11. The monoisotopic (exact) mass is 427 g/mol. The highest BCUT2D eigenvalue weighted by Crippen LogP contribution is 2.33. The van der Waals surface area contributed by atoms with E-state index < -0.39 is 6.04 Å². The summed E-state index contributed by atoms with van der Waals surface area (Å²) in [5.74, 6) is 1.45. The summed E-state index contributed by atoms with van der Waals surface area (Å²) < 4.78 is 21.6. The van der Waals surface area contributed by atoms with Gasteiger partial charge in [0.15, 0.2) is 17.3 Å². The van der Waals surface area contributed by atoms with E-state index >= 15 is 0 Å². The number of hydrogen-bond acceptors (Lipinski definition) is 7. The molecule has 9 nitrogen and oxygen atoms in total. The summed E-state index contributed by atoms with van der Waals surface area (Å²) in [5, 5.41) is 0. The molecule has 0 spiro atoms. The number of amides is 2. The van der Waals surface area contributed by atoms with Crippen LogP contribution in [-0.4, -0.2) is 85.3 Å². The number of carbonyl (C=O) groups is 2. The molecule has 3 aliphatic heterocycles. The molecule has 9 heteroatoms. The minimum Gasteiger partial charge on any atom is -0.459 e. The summed E-state index contributed by atoms with van der Waals surface area (Å²) in [6.07, 6.45) is 1.47. The lowest BCUT2D eigenvalue weighted by atomic mass is 10.1. The van der Waals surface area contributed by atoms with Crippen LogP contribution in [0.5, 0.6) is 11.5 Å². The molecule has 0 radical (unpaired) electrons. The summed E-state index contributed by atoms with van der Waals surface area (Å²) >= 11 is 0. The standard InChI is InChI=1S/C22H25N3O6/c26-21(24-7-10-28-11-8-24)17-14-23(5-6-25(17)22(27)19-2-1-9-29-19)13-16-3-4-18-20(12-16)31-15-30-18/h1-4,9,12,17H,5-8,10-11,13-15H2. The van der Waals surface area contributed by atoms with Crippen LogP contribution in [-0.2, 0) is 16.1 Å². The highest BCUT2D eigenvalue weighted by Gasteiger charge is 2.39. The maximum absolute atomic E-state index is 13.4. The van der Waals surface area contributed by atoms with Crippen molar-refractivity contribution in [1.82, 2.24) is 14.7 Å². The summed E-state index contributed by atoms with van der Waals surface area (Å²) in [5.41, 5.74) is 1.08. The lowest BCUT2D eigenvalue weighted by Gasteiger charge is -2.42. The van der Waals surface area contributed by atoms with Gasteiger partial charge in [0.25, 0.3) is 5.91 Å². The zero-order valence-electron chi connectivity index (χ0n) is 17.2. The smallest absolute Gasteiger partial charge is 0.290 e. The van der Waals surface area contributed by atoms with Crippen molar-refractivity contribution >= 4 is 11.8 Å². The largest absolute Gasteiger partial charge is 0.459 e. The molecule has 1 unspecified atom stereocenters. The van der Waals surface area contributed by atoms with E-state index in [1.807, 2.05) is 18.2 Å². The van der Waals surface area contributed by atoms with Gasteiger partial charge in [0, 0.05) is 39.3 Å². The van der Waals surface area contributed by atoms with Crippen molar-refractivity contribution in [2.24, 2.45) is 0 Å². The molecule has 0 N–H and O–H groups in total. The number of benzene rings is 1. The van der Waals surface area contributed by atoms with Crippen LogP contribution >= 0.6 is 0 Å². The predicted molar refractivity (Wildman–Crippen MR) is 109 cm³/mol. The first kappa shape index (κ1) is 19.9. The molecule has 164 valence electrons. The molecule has 0 aliphatic carbocycles. The topological polar surface area (TPSA) is 84.7 Å². The van der Waals surface area contributed by atoms with Gasteiger partial charge in [-0.15, -0.1) is 0 Å². The lowest BCUT2D eigenvalue weighted by molar-refractivity contribution is -0.142. The fourth-order valence-electron chi connectivity index (χ4n) is 4.27. The lowest BCUT2D eigenvalue weighted by Crippen LogP contribution is -2.61. The van der Waals surface area contributed by atoms with E-state index in [2.05, 4.69) is 4.90 Å². The van der Waals surface area contributed by atoms with E-state index in [0.717, 1.165) is 17.1 Å². The first-order valence-corrected chi connectivity index (χ1v) is 10.5. The van der Waals surface area contributed by atoms with Gasteiger partial charge in [0.1, 0.15) is 6.04 Å². The molecule has 2 amide bonds. The van der Waals surface area contributed by atoms with Crippen molar-refractivity contribution in [3.63, 3.8) is 0 Å². The second kappa shape index (κ2) is 8.60. The summed E-state index contributed by atoms with van der Waals surface area (Å²) in [4.78, 5) is 32.0. The van der Waals surface area contributed by atoms with Gasteiger partial charge < -0.3 is 28.4 Å². The zero-order chi connectivity index (χ0) is 21.2. The van der Waals surface area contributed by atoms with Crippen LogP contribution in [0.1, 0.15) is 16.1 Å². The molecule has 1 atom stereocenters. The number of ether oxygens (including phenoxy) is 3. The van der Waals surface area contributed by atoms with Crippen LogP contribution in [0, 0.1) is 0 Å². The number of morpholine rings is 1. The number of rotatable bonds is 4. The third-order valence-electron chi connectivity index (χ3n) is 5.91. The first-order valence-electron chi connectivity index (χ1n) is 10.5. The van der Waals surface area contributed by atoms with Crippen molar-refractivity contribution < 1.29 is 28.2 Å². The Labute approximate surface area is 180 Å². The van der Waals surface area contributed by atoms with Gasteiger partial charge in [0.05, 0.1) is 19.5 Å². The Balaban J connectivity index is 1.34. The second-order valence-electron chi connectivity index (χ2n) is 7.85. The Morgan fingerprint density at radius 1 is 1.00 bits per heavy atom. The van der Waals surface area contributed by atoms with Gasteiger partial charge in [-0.1, -0.05) is 6.07 Å². The van der Waals surface area contributed by atoms with Crippen LogP contribution in [0.3, 0.4) is 0 Å². The van der Waals surface area contributed by atoms with E-state index in [9.17, 15) is 9.59 Å². The molecule has 0 bridgehead atoms. The van der Waals surface area contributed by atoms with Gasteiger partial charge in [-0.2, -0.15) is 0 Å². The number of carbonyl (C=O) groups excluding carboxylic acids is 2. The second-order valence-corrected chi connectivity index (χ2v) is 7.85. The van der Waals surface area contributed by atoms with E-state index in [1.165, 1.54) is 6.26 Å². The molecule has 2 aromatic rings. The minimum atomic E-state index is -0.571. The molecule has 5 rings (SSSR count). The van der Waals surface area contributed by atoms with E-state index in [-0.39, 0.29) is 24.4 Å². The van der Waals surface area contributed by atoms with Crippen LogP contribution in [0.4, 0.5) is 0 Å². The van der Waals surface area contributed by atoms with Crippen LogP contribution in [0.2, 0.25) is 0 Å². The van der Waals surface area contributed by atoms with Gasteiger partial charge in [-0.25, -0.2) is 0 Å². The SMILES string of the molecule is O=C(C1CN(Cc2ccc3c(c2)OCO3)CCN1C(=O)c1ccco1)N1CCOCC1. The van der Waals surface area contributed by atoms with E-state index in [1.54, 1.807) is 21.9 Å². The minimum absolute atomic E-state index is 0.0430. The number of fused-ring (bicyclic) bond motifs is 1. The molecule has 1 aromatic heterocycles. The third-order valence-corrected chi connectivity index (χ3v) is 5.91. The average molecular weight is 427 g/mol. The fraction of sp³-hybridized carbons (Fsp3) is 0.455. The first-order chi connectivity index (χ1) is 15.2. The Morgan fingerprint density at radius 2 is 1.84 bits per heavy atom. The van der Waals surface area contributed by atoms with Gasteiger partial charge >= 0.3 is 0 Å². The van der Waals surface area contributed by atoms with Gasteiger partial charge in [-0.3, -0.25) is 14.5 Å². The van der Waals surface area contributed by atoms with Crippen molar-refractivity contribution in [1.29, 1.82) is 0 Å². The van der Waals surface area contributed by atoms with Crippen LogP contribution < -0.4 is 9.47 Å². The summed E-state index contributed by atoms with van der Waals surface area (Å²) in [6, 6.07) is 8.64. The van der Waals surface area contributed by atoms with E-state index in [4.69, 9.17) is 18.6 Å². The van der Waals surface area contributed by atoms with Crippen LogP contribution in [0.15, 0.2) is 41.0 Å². The molecular weight excluding hydrogens is 402 g/mol. The predicted octanol–water partition coefficient (Wildman–Crippen LogP) is 1.19. The maximum atomic E-state index is 13.4. The van der Waals surface area contributed by atoms with Crippen molar-refractivity contribution in [3.05, 3.63) is 47.9 Å². The molecule has 4 heterocycles. The van der Waals surface area contributed by atoms with Crippen molar-refractivity contribution in [2.45, 2.75) is 12.6 Å². The zero-order valence-corrected chi connectivity index (χ0v) is 17.2. The fourth-order valence-corrected chi connectivity index (χ4v) is 4.27. The molecule has 2 saturated heterocycles. The number of nitrogens with zero attached hydrogens (tertiary/aromatic N) is 3. The molecule has 2 fully saturated rings. The summed E-state index contributed by atoms with van der Waals surface area (Å²) in [7, 11) is 0. The van der Waals surface area contributed by atoms with Gasteiger partial charge in [-0.05, 0) is 29.8 Å². The number of piperazine rings is 1. The maximum Gasteiger partial charge on any atom is 0.290 e. The van der Waals surface area contributed by atoms with Gasteiger partial charge in [0.2, 0.25) is 12.7 Å². The Morgan fingerprint density at radius 3 is 2.65 bits per heavy atom. The molecule has 0 saturated carbocycles. The highest BCUT2D eigenvalue weighted by molar-refractivity contribution is 5.95. The van der Waals surface area contributed by atoms with Crippen LogP contribution in [0.25, 0.3) is 0 Å². The highest BCUT2D eigenvalue weighted by atomic mass is 16.7. The molecule has 31 heavy (non-hydrogen) atoms. The Kier molecular flexibility index (Phi) is 5.52. The number of hydrogen-bond donors (Lipinski definition) is 0. The molecule has 1 aromatic carbocycles. The Hall–Kier alpha value is -3.04. The normalized spacial score (nSPS) is 21.4. The quantitative estimate of drug-likeness (QED) is 0.725. The van der Waals surface area contributed by atoms with Crippen molar-refractivity contribution in [3.8, 4) is 11.5 Å². The summed E-state index contributed by atoms with van der Waals surface area (Å²) in [6.45, 7) is 4.59. The average Bonchev–Trinajstić information content (AvgIpc) is 3.51. The van der Waals surface area contributed by atoms with Crippen molar-refractivity contribution in [2.75, 3.05) is 52.7 Å².